The van der Waals surface area contributed by atoms with Crippen molar-refractivity contribution in [1.82, 2.24) is 10.0 Å². The lowest BCUT2D eigenvalue weighted by Gasteiger charge is -2.07. The SMILES string of the molecule is CCCNC(=O)CNS(=O)(=O)c1ccc(F)c(Cl)c1. The van der Waals surface area contributed by atoms with Crippen LogP contribution in [0, 0.1) is 5.82 Å². The van der Waals surface area contributed by atoms with Crippen molar-refractivity contribution in [2.24, 2.45) is 0 Å². The Kier molecular flexibility index (Phi) is 5.71. The van der Waals surface area contributed by atoms with Crippen molar-refractivity contribution < 1.29 is 17.6 Å². The van der Waals surface area contributed by atoms with Gasteiger partial charge in [0.2, 0.25) is 15.9 Å². The molecule has 0 bridgehead atoms. The van der Waals surface area contributed by atoms with Gasteiger partial charge in [-0.25, -0.2) is 17.5 Å². The summed E-state index contributed by atoms with van der Waals surface area (Å²) in [7, 11) is -3.88. The van der Waals surface area contributed by atoms with Crippen LogP contribution in [0.2, 0.25) is 5.02 Å². The summed E-state index contributed by atoms with van der Waals surface area (Å²) in [6.07, 6.45) is 0.756. The quantitative estimate of drug-likeness (QED) is 0.831. The fraction of sp³-hybridized carbons (Fsp3) is 0.364. The highest BCUT2D eigenvalue weighted by Gasteiger charge is 2.16. The molecule has 0 aliphatic rings. The number of sulfonamides is 1. The van der Waals surface area contributed by atoms with Crippen LogP contribution in [-0.2, 0) is 14.8 Å². The van der Waals surface area contributed by atoms with Crippen LogP contribution in [-0.4, -0.2) is 27.4 Å². The summed E-state index contributed by atoms with van der Waals surface area (Å²) in [5.41, 5.74) is 0. The van der Waals surface area contributed by atoms with Gasteiger partial charge < -0.3 is 5.32 Å². The zero-order valence-electron chi connectivity index (χ0n) is 10.2. The molecule has 0 aliphatic heterocycles. The lowest BCUT2D eigenvalue weighted by molar-refractivity contribution is -0.119. The Morgan fingerprint density at radius 1 is 1.42 bits per heavy atom. The number of carbonyl (C=O) groups is 1. The van der Waals surface area contributed by atoms with Gasteiger partial charge in [0, 0.05) is 6.54 Å². The van der Waals surface area contributed by atoms with Crippen molar-refractivity contribution in [2.45, 2.75) is 18.2 Å². The summed E-state index contributed by atoms with van der Waals surface area (Å²) in [5.74, 6) is -1.14. The van der Waals surface area contributed by atoms with Gasteiger partial charge in [0.05, 0.1) is 16.5 Å². The molecule has 0 aliphatic carbocycles. The summed E-state index contributed by atoms with van der Waals surface area (Å²) < 4.78 is 38.6. The number of amides is 1. The third-order valence-corrected chi connectivity index (χ3v) is 3.88. The monoisotopic (exact) mass is 308 g/mol. The Labute approximate surface area is 116 Å². The van der Waals surface area contributed by atoms with Gasteiger partial charge >= 0.3 is 0 Å². The highest BCUT2D eigenvalue weighted by atomic mass is 35.5. The van der Waals surface area contributed by atoms with Crippen molar-refractivity contribution in [3.63, 3.8) is 0 Å². The molecular weight excluding hydrogens is 295 g/mol. The number of hydrogen-bond donors (Lipinski definition) is 2. The lowest BCUT2D eigenvalue weighted by Crippen LogP contribution is -2.37. The van der Waals surface area contributed by atoms with E-state index in [1.807, 2.05) is 6.92 Å². The first-order valence-corrected chi connectivity index (χ1v) is 7.44. The number of carbonyl (C=O) groups excluding carboxylic acids is 1. The van der Waals surface area contributed by atoms with Gasteiger partial charge in [-0.3, -0.25) is 4.79 Å². The molecule has 0 fully saturated rings. The van der Waals surface area contributed by atoms with E-state index in [9.17, 15) is 17.6 Å². The van der Waals surface area contributed by atoms with E-state index in [-0.39, 0.29) is 16.5 Å². The molecule has 0 atom stereocenters. The van der Waals surface area contributed by atoms with Gasteiger partial charge in [-0.15, -0.1) is 0 Å². The molecule has 0 saturated carbocycles. The van der Waals surface area contributed by atoms with Gasteiger partial charge in [0.1, 0.15) is 5.82 Å². The predicted molar refractivity (Wildman–Crippen MR) is 69.9 cm³/mol. The standard InChI is InChI=1S/C11H14ClFN2O3S/c1-2-5-14-11(16)7-15-19(17,18)8-3-4-10(13)9(12)6-8/h3-4,6,15H,2,5,7H2,1H3,(H,14,16). The molecule has 0 saturated heterocycles. The van der Waals surface area contributed by atoms with E-state index in [1.54, 1.807) is 0 Å². The molecule has 8 heteroatoms. The smallest absolute Gasteiger partial charge is 0.241 e. The third-order valence-electron chi connectivity index (χ3n) is 2.20. The van der Waals surface area contributed by atoms with Crippen molar-refractivity contribution in [3.05, 3.63) is 29.0 Å². The first-order chi connectivity index (χ1) is 8.86. The van der Waals surface area contributed by atoms with E-state index in [1.165, 1.54) is 0 Å². The van der Waals surface area contributed by atoms with Gasteiger partial charge in [0.15, 0.2) is 0 Å². The second kappa shape index (κ2) is 6.83. The average Bonchev–Trinajstić information content (AvgIpc) is 2.37. The second-order valence-corrected chi connectivity index (χ2v) is 5.92. The fourth-order valence-corrected chi connectivity index (χ4v) is 2.47. The van der Waals surface area contributed by atoms with E-state index in [0.29, 0.717) is 6.54 Å². The zero-order chi connectivity index (χ0) is 14.5. The van der Waals surface area contributed by atoms with Crippen LogP contribution in [0.3, 0.4) is 0 Å². The molecule has 1 rings (SSSR count). The summed E-state index contributed by atoms with van der Waals surface area (Å²) in [6.45, 7) is 1.98. The van der Waals surface area contributed by atoms with Crippen molar-refractivity contribution in [2.75, 3.05) is 13.1 Å². The van der Waals surface area contributed by atoms with Crippen LogP contribution in [0.4, 0.5) is 4.39 Å². The minimum absolute atomic E-state index is 0.192. The number of rotatable bonds is 6. The molecule has 106 valence electrons. The summed E-state index contributed by atoms with van der Waals surface area (Å²) in [5, 5.41) is 2.23. The molecule has 1 aromatic carbocycles. The van der Waals surface area contributed by atoms with Gasteiger partial charge in [-0.05, 0) is 24.6 Å². The van der Waals surface area contributed by atoms with Crippen LogP contribution in [0.25, 0.3) is 0 Å². The van der Waals surface area contributed by atoms with Crippen LogP contribution in [0.5, 0.6) is 0 Å². The number of hydrogen-bond acceptors (Lipinski definition) is 3. The Morgan fingerprint density at radius 3 is 2.68 bits per heavy atom. The molecule has 0 radical (unpaired) electrons. The van der Waals surface area contributed by atoms with Gasteiger partial charge in [-0.1, -0.05) is 18.5 Å². The molecule has 0 spiro atoms. The van der Waals surface area contributed by atoms with E-state index in [2.05, 4.69) is 10.0 Å². The lowest BCUT2D eigenvalue weighted by atomic mass is 10.3. The fourth-order valence-electron chi connectivity index (χ4n) is 1.21. The Hall–Kier alpha value is -1.18. The van der Waals surface area contributed by atoms with Gasteiger partial charge in [0.25, 0.3) is 0 Å². The second-order valence-electron chi connectivity index (χ2n) is 3.75. The minimum atomic E-state index is -3.88. The van der Waals surface area contributed by atoms with Crippen molar-refractivity contribution >= 4 is 27.5 Å². The highest BCUT2D eigenvalue weighted by molar-refractivity contribution is 7.89. The molecule has 1 aromatic rings. The maximum atomic E-state index is 12.9. The third kappa shape index (κ3) is 4.77. The highest BCUT2D eigenvalue weighted by Crippen LogP contribution is 2.19. The topological polar surface area (TPSA) is 75.3 Å². The minimum Gasteiger partial charge on any atom is -0.355 e. The number of nitrogens with one attached hydrogen (secondary N) is 2. The first-order valence-electron chi connectivity index (χ1n) is 5.58. The largest absolute Gasteiger partial charge is 0.355 e. The Balaban J connectivity index is 2.70. The van der Waals surface area contributed by atoms with Crippen LogP contribution < -0.4 is 10.0 Å². The molecule has 5 nitrogen and oxygen atoms in total. The Bertz CT molecular complexity index is 563. The molecular formula is C11H14ClFN2O3S. The molecule has 0 heterocycles. The van der Waals surface area contributed by atoms with E-state index in [0.717, 1.165) is 24.6 Å². The summed E-state index contributed by atoms with van der Waals surface area (Å²) in [6, 6.07) is 3.02. The summed E-state index contributed by atoms with van der Waals surface area (Å²) >= 11 is 5.50. The predicted octanol–water partition coefficient (Wildman–Crippen LogP) is 1.28. The van der Waals surface area contributed by atoms with Crippen LogP contribution in [0.15, 0.2) is 23.1 Å². The maximum Gasteiger partial charge on any atom is 0.241 e. The van der Waals surface area contributed by atoms with Crippen molar-refractivity contribution in [3.8, 4) is 0 Å². The van der Waals surface area contributed by atoms with Gasteiger partial charge in [-0.2, -0.15) is 0 Å². The molecule has 19 heavy (non-hydrogen) atoms. The number of halogens is 2. The van der Waals surface area contributed by atoms with Crippen LogP contribution in [0.1, 0.15) is 13.3 Å². The van der Waals surface area contributed by atoms with E-state index < -0.39 is 21.7 Å². The first kappa shape index (κ1) is 15.9. The van der Waals surface area contributed by atoms with E-state index >= 15 is 0 Å². The summed E-state index contributed by atoms with van der Waals surface area (Å²) in [4.78, 5) is 11.1. The molecule has 0 unspecified atom stereocenters. The molecule has 0 aromatic heterocycles. The normalized spacial score (nSPS) is 11.3. The van der Waals surface area contributed by atoms with Crippen molar-refractivity contribution in [1.29, 1.82) is 0 Å². The zero-order valence-corrected chi connectivity index (χ0v) is 11.8. The van der Waals surface area contributed by atoms with E-state index in [4.69, 9.17) is 11.6 Å². The van der Waals surface area contributed by atoms with Crippen LogP contribution >= 0.6 is 11.6 Å². The maximum absolute atomic E-state index is 12.9. The molecule has 2 N–H and O–H groups in total. The number of benzene rings is 1. The average molecular weight is 309 g/mol. The molecule has 1 amide bonds. The Morgan fingerprint density at radius 2 is 2.11 bits per heavy atom.